The molecular weight excluding hydrogens is 436 g/mol. The molecule has 0 aliphatic rings. The van der Waals surface area contributed by atoms with Crippen molar-refractivity contribution in [3.05, 3.63) is 65.7 Å². The fraction of sp³-hybridized carbons (Fsp3) is 0.360. The zero-order valence-electron chi connectivity index (χ0n) is 19.5. The molecule has 0 aromatic heterocycles. The van der Waals surface area contributed by atoms with Crippen molar-refractivity contribution < 1.29 is 24.3 Å². The average Bonchev–Trinajstić information content (AvgIpc) is 2.79. The van der Waals surface area contributed by atoms with Gasteiger partial charge in [0.05, 0.1) is 0 Å². The quantitative estimate of drug-likeness (QED) is 0.314. The topological polar surface area (TPSA) is 151 Å². The normalized spacial score (nSPS) is 11.8. The number of amides is 4. The van der Waals surface area contributed by atoms with Gasteiger partial charge in [0.15, 0.2) is 0 Å². The Kier molecular flexibility index (Phi) is 9.61. The fourth-order valence-corrected chi connectivity index (χ4v) is 3.22. The zero-order chi connectivity index (χ0) is 25.1. The number of rotatable bonds is 12. The van der Waals surface area contributed by atoms with Crippen LogP contribution in [-0.4, -0.2) is 46.9 Å². The molecule has 0 fully saturated rings. The van der Waals surface area contributed by atoms with Gasteiger partial charge in [-0.05, 0) is 43.5 Å². The first kappa shape index (κ1) is 26.4. The Labute approximate surface area is 199 Å². The first-order valence-corrected chi connectivity index (χ1v) is 11.1. The van der Waals surface area contributed by atoms with E-state index < -0.39 is 29.3 Å². The lowest BCUT2D eigenvalue weighted by atomic mass is 10.0. The van der Waals surface area contributed by atoms with Crippen LogP contribution < -0.4 is 21.7 Å². The van der Waals surface area contributed by atoms with Crippen molar-refractivity contribution in [1.29, 1.82) is 0 Å². The minimum Gasteiger partial charge on any atom is -0.508 e. The number of phenolic OH excluding ortho intramolecular Hbond substituents is 1. The number of carbonyl (C=O) groups is 4. The van der Waals surface area contributed by atoms with Gasteiger partial charge in [0.2, 0.25) is 23.6 Å². The third-order valence-electron chi connectivity index (χ3n) is 5.17. The molecule has 0 bridgehead atoms. The van der Waals surface area contributed by atoms with E-state index in [1.165, 1.54) is 0 Å². The lowest BCUT2D eigenvalue weighted by Crippen LogP contribution is -2.59. The van der Waals surface area contributed by atoms with E-state index in [1.54, 1.807) is 38.1 Å². The van der Waals surface area contributed by atoms with Crippen molar-refractivity contribution >= 4 is 23.6 Å². The SMILES string of the molecule is CC(C)(NC(=O)[C@@H](Cc1ccccc1)NC(=O)CCC(N)=O)C(=O)NCCc1ccc(O)cc1. The fourth-order valence-electron chi connectivity index (χ4n) is 3.22. The van der Waals surface area contributed by atoms with E-state index in [0.717, 1.165) is 11.1 Å². The number of nitrogens with two attached hydrogens (primary N) is 1. The molecule has 0 aliphatic heterocycles. The Morgan fingerprint density at radius 1 is 0.941 bits per heavy atom. The minimum atomic E-state index is -1.24. The monoisotopic (exact) mass is 468 g/mol. The van der Waals surface area contributed by atoms with Crippen LogP contribution in [0.25, 0.3) is 0 Å². The molecule has 1 atom stereocenters. The molecule has 0 radical (unpaired) electrons. The second kappa shape index (κ2) is 12.4. The van der Waals surface area contributed by atoms with E-state index >= 15 is 0 Å². The third-order valence-corrected chi connectivity index (χ3v) is 5.17. The van der Waals surface area contributed by atoms with Crippen LogP contribution in [0.4, 0.5) is 0 Å². The van der Waals surface area contributed by atoms with Crippen molar-refractivity contribution in [2.45, 2.75) is 51.1 Å². The predicted molar refractivity (Wildman–Crippen MR) is 128 cm³/mol. The summed E-state index contributed by atoms with van der Waals surface area (Å²) in [6.45, 7) is 3.50. The first-order valence-electron chi connectivity index (χ1n) is 11.1. The number of phenols is 1. The maximum atomic E-state index is 13.0. The Morgan fingerprint density at radius 2 is 1.59 bits per heavy atom. The molecule has 0 aliphatic carbocycles. The molecule has 2 aromatic carbocycles. The smallest absolute Gasteiger partial charge is 0.245 e. The summed E-state index contributed by atoms with van der Waals surface area (Å²) in [7, 11) is 0. The maximum Gasteiger partial charge on any atom is 0.245 e. The highest BCUT2D eigenvalue weighted by Gasteiger charge is 2.32. The summed E-state index contributed by atoms with van der Waals surface area (Å²) in [4.78, 5) is 49.0. The summed E-state index contributed by atoms with van der Waals surface area (Å²) < 4.78 is 0. The summed E-state index contributed by atoms with van der Waals surface area (Å²) in [5, 5.41) is 17.5. The Bertz CT molecular complexity index is 990. The largest absolute Gasteiger partial charge is 0.508 e. The van der Waals surface area contributed by atoms with Gasteiger partial charge in [0.1, 0.15) is 17.3 Å². The van der Waals surface area contributed by atoms with Crippen molar-refractivity contribution in [3.63, 3.8) is 0 Å². The molecule has 182 valence electrons. The van der Waals surface area contributed by atoms with Gasteiger partial charge in [0, 0.05) is 25.8 Å². The number of primary amides is 1. The van der Waals surface area contributed by atoms with Gasteiger partial charge in [-0.2, -0.15) is 0 Å². The van der Waals surface area contributed by atoms with Gasteiger partial charge in [-0.1, -0.05) is 42.5 Å². The number of hydrogen-bond donors (Lipinski definition) is 5. The van der Waals surface area contributed by atoms with E-state index in [9.17, 15) is 24.3 Å². The Morgan fingerprint density at radius 3 is 2.21 bits per heavy atom. The van der Waals surface area contributed by atoms with Gasteiger partial charge >= 0.3 is 0 Å². The summed E-state index contributed by atoms with van der Waals surface area (Å²) in [6.07, 6.45) is 0.519. The van der Waals surface area contributed by atoms with Crippen LogP contribution in [0.2, 0.25) is 0 Å². The zero-order valence-corrected chi connectivity index (χ0v) is 19.5. The van der Waals surface area contributed by atoms with Crippen molar-refractivity contribution in [2.24, 2.45) is 5.73 Å². The molecule has 0 unspecified atom stereocenters. The van der Waals surface area contributed by atoms with E-state index in [0.29, 0.717) is 13.0 Å². The first-order chi connectivity index (χ1) is 16.1. The molecule has 2 rings (SSSR count). The standard InChI is InChI=1S/C25H32N4O5/c1-25(2,24(34)27-15-14-17-8-10-19(30)11-9-17)29-23(33)20(16-18-6-4-3-5-7-18)28-22(32)13-12-21(26)31/h3-11,20,30H,12-16H2,1-2H3,(H2,26,31)(H,27,34)(H,28,32)(H,29,33)/t20-/m1/s1. The summed E-state index contributed by atoms with van der Waals surface area (Å²) in [5.41, 5.74) is 5.64. The Balaban J connectivity index is 1.99. The molecular formula is C25H32N4O5. The summed E-state index contributed by atoms with van der Waals surface area (Å²) in [5.74, 6) is -1.81. The van der Waals surface area contributed by atoms with Crippen molar-refractivity contribution in [3.8, 4) is 5.75 Å². The summed E-state index contributed by atoms with van der Waals surface area (Å²) in [6, 6.07) is 14.9. The molecule has 2 aromatic rings. The van der Waals surface area contributed by atoms with Gasteiger partial charge < -0.3 is 26.8 Å². The molecule has 34 heavy (non-hydrogen) atoms. The van der Waals surface area contributed by atoms with Crippen LogP contribution in [-0.2, 0) is 32.0 Å². The highest BCUT2D eigenvalue weighted by Crippen LogP contribution is 2.11. The lowest BCUT2D eigenvalue weighted by molar-refractivity contribution is -0.134. The highest BCUT2D eigenvalue weighted by molar-refractivity contribution is 5.94. The van der Waals surface area contributed by atoms with Gasteiger partial charge in [-0.3, -0.25) is 19.2 Å². The molecule has 9 nitrogen and oxygen atoms in total. The number of carbonyl (C=O) groups excluding carboxylic acids is 4. The highest BCUT2D eigenvalue weighted by atomic mass is 16.3. The van der Waals surface area contributed by atoms with Crippen LogP contribution >= 0.6 is 0 Å². The molecule has 0 spiro atoms. The molecule has 9 heteroatoms. The van der Waals surface area contributed by atoms with Crippen molar-refractivity contribution in [2.75, 3.05) is 6.54 Å². The lowest BCUT2D eigenvalue weighted by Gasteiger charge is -2.28. The molecule has 4 amide bonds. The van der Waals surface area contributed by atoms with E-state index in [2.05, 4.69) is 16.0 Å². The van der Waals surface area contributed by atoms with Gasteiger partial charge in [-0.25, -0.2) is 0 Å². The maximum absolute atomic E-state index is 13.0. The van der Waals surface area contributed by atoms with Gasteiger partial charge in [0.25, 0.3) is 0 Å². The number of aromatic hydroxyl groups is 1. The molecule has 6 N–H and O–H groups in total. The van der Waals surface area contributed by atoms with E-state index in [-0.39, 0.29) is 30.9 Å². The second-order valence-corrected chi connectivity index (χ2v) is 8.56. The Hall–Kier alpha value is -3.88. The van der Waals surface area contributed by atoms with Crippen molar-refractivity contribution in [1.82, 2.24) is 16.0 Å². The minimum absolute atomic E-state index is 0.125. The number of nitrogens with one attached hydrogen (secondary N) is 3. The van der Waals surface area contributed by atoms with Crippen LogP contribution in [0.15, 0.2) is 54.6 Å². The van der Waals surface area contributed by atoms with Gasteiger partial charge in [-0.15, -0.1) is 0 Å². The molecule has 0 saturated carbocycles. The predicted octanol–water partition coefficient (Wildman–Crippen LogP) is 0.939. The molecule has 0 saturated heterocycles. The van der Waals surface area contributed by atoms with Crippen LogP contribution in [0.1, 0.15) is 37.8 Å². The van der Waals surface area contributed by atoms with E-state index in [1.807, 2.05) is 30.3 Å². The van der Waals surface area contributed by atoms with Crippen LogP contribution in [0, 0.1) is 0 Å². The van der Waals surface area contributed by atoms with Crippen LogP contribution in [0.3, 0.4) is 0 Å². The third kappa shape index (κ3) is 8.93. The number of hydrogen-bond acceptors (Lipinski definition) is 5. The second-order valence-electron chi connectivity index (χ2n) is 8.56. The molecule has 0 heterocycles. The summed E-state index contributed by atoms with van der Waals surface area (Å²) >= 11 is 0. The number of benzene rings is 2. The van der Waals surface area contributed by atoms with Crippen LogP contribution in [0.5, 0.6) is 5.75 Å². The average molecular weight is 469 g/mol. The van der Waals surface area contributed by atoms with E-state index in [4.69, 9.17) is 5.73 Å².